The molecule has 2 aromatic heterocycles. The molecule has 222 valence electrons. The molecule has 1 amide bonds. The number of anilines is 1. The van der Waals surface area contributed by atoms with E-state index in [1.165, 1.54) is 17.4 Å². The fourth-order valence-electron chi connectivity index (χ4n) is 4.10. The van der Waals surface area contributed by atoms with Crippen LogP contribution in [-0.4, -0.2) is 68.3 Å². The molecule has 1 fully saturated rings. The van der Waals surface area contributed by atoms with Crippen molar-refractivity contribution < 1.29 is 27.8 Å². The Morgan fingerprint density at radius 1 is 1.18 bits per heavy atom. The molecule has 8 nitrogen and oxygen atoms in total. The number of hydrogen-bond donors (Lipinski definition) is 2. The van der Waals surface area contributed by atoms with Gasteiger partial charge in [0.25, 0.3) is 0 Å². The lowest BCUT2D eigenvalue weighted by Crippen LogP contribution is -2.32. The third kappa shape index (κ3) is 10.0. The van der Waals surface area contributed by atoms with Gasteiger partial charge < -0.3 is 19.6 Å². The van der Waals surface area contributed by atoms with Gasteiger partial charge in [-0.1, -0.05) is 13.5 Å². The number of amides is 1. The molecule has 40 heavy (non-hydrogen) atoms. The predicted octanol–water partition coefficient (Wildman–Crippen LogP) is 6.09. The molecule has 0 saturated heterocycles. The van der Waals surface area contributed by atoms with Crippen LogP contribution in [0.15, 0.2) is 36.0 Å². The number of rotatable bonds is 14. The summed E-state index contributed by atoms with van der Waals surface area (Å²) in [5.41, 5.74) is -0.286. The highest BCUT2D eigenvalue weighted by Crippen LogP contribution is 2.43. The molecular weight excluding hydrogens is 543 g/mol. The van der Waals surface area contributed by atoms with Crippen LogP contribution in [0, 0.1) is 0 Å². The number of aliphatic hydroxyl groups is 1. The van der Waals surface area contributed by atoms with Crippen LogP contribution in [-0.2, 0) is 23.9 Å². The maximum Gasteiger partial charge on any atom is 0.417 e. The van der Waals surface area contributed by atoms with Crippen molar-refractivity contribution in [1.82, 2.24) is 19.8 Å². The highest BCUT2D eigenvalue weighted by Gasteiger charge is 2.45. The van der Waals surface area contributed by atoms with Crippen molar-refractivity contribution in [2.45, 2.75) is 83.7 Å². The monoisotopic (exact) mass is 583 g/mol. The van der Waals surface area contributed by atoms with Crippen molar-refractivity contribution in [2.24, 2.45) is 0 Å². The van der Waals surface area contributed by atoms with Gasteiger partial charge in [0.05, 0.1) is 23.5 Å². The number of aromatic nitrogens is 2. The summed E-state index contributed by atoms with van der Waals surface area (Å²) in [5.74, 6) is 0. The zero-order valence-electron chi connectivity index (χ0n) is 23.7. The molecule has 0 radical (unpaired) electrons. The van der Waals surface area contributed by atoms with E-state index < -0.39 is 29.0 Å². The van der Waals surface area contributed by atoms with E-state index in [4.69, 9.17) is 4.74 Å². The van der Waals surface area contributed by atoms with Gasteiger partial charge in [0.1, 0.15) is 11.2 Å². The number of thiazole rings is 1. The van der Waals surface area contributed by atoms with E-state index in [2.05, 4.69) is 33.7 Å². The summed E-state index contributed by atoms with van der Waals surface area (Å²) < 4.78 is 44.0. The number of pyridine rings is 1. The van der Waals surface area contributed by atoms with Crippen molar-refractivity contribution in [1.29, 1.82) is 0 Å². The third-order valence-corrected chi connectivity index (χ3v) is 7.40. The Morgan fingerprint density at radius 3 is 2.45 bits per heavy atom. The summed E-state index contributed by atoms with van der Waals surface area (Å²) in [6, 6.07) is 2.42. The Kier molecular flexibility index (Phi) is 10.6. The van der Waals surface area contributed by atoms with Gasteiger partial charge in [-0.15, -0.1) is 11.3 Å². The van der Waals surface area contributed by atoms with Gasteiger partial charge in [0.15, 0.2) is 5.13 Å². The van der Waals surface area contributed by atoms with E-state index in [-0.39, 0.29) is 0 Å². The molecule has 1 aliphatic carbocycles. The van der Waals surface area contributed by atoms with E-state index in [9.17, 15) is 23.1 Å². The van der Waals surface area contributed by atoms with E-state index in [1.54, 1.807) is 20.8 Å². The first-order valence-electron chi connectivity index (χ1n) is 13.5. The van der Waals surface area contributed by atoms with Crippen molar-refractivity contribution >= 4 is 22.6 Å². The topological polar surface area (TPSA) is 90.8 Å². The minimum Gasteiger partial charge on any atom is -0.444 e. The molecular formula is C28H40F3N5O3S. The number of likely N-dealkylation sites (N-methyl/N-ethyl adjacent to an activating group) is 1. The summed E-state index contributed by atoms with van der Waals surface area (Å²) in [4.78, 5) is 24.7. The van der Waals surface area contributed by atoms with Gasteiger partial charge in [-0.3, -0.25) is 10.3 Å². The number of carbonyl (C=O) groups excluding carboxylic acids is 1. The number of hydrogen-bond acceptors (Lipinski definition) is 8. The zero-order valence-corrected chi connectivity index (χ0v) is 24.5. The number of nitrogens with one attached hydrogen (secondary N) is 1. The molecule has 1 saturated carbocycles. The fourth-order valence-corrected chi connectivity index (χ4v) is 4.83. The van der Waals surface area contributed by atoms with E-state index in [1.807, 2.05) is 10.3 Å². The van der Waals surface area contributed by atoms with Crippen LogP contribution in [0.25, 0.3) is 0 Å². The Bertz CT molecular complexity index is 1130. The lowest BCUT2D eigenvalue weighted by Gasteiger charge is -2.30. The van der Waals surface area contributed by atoms with E-state index in [0.717, 1.165) is 56.9 Å². The van der Waals surface area contributed by atoms with Gasteiger partial charge >= 0.3 is 12.3 Å². The molecule has 2 N–H and O–H groups in total. The first kappa shape index (κ1) is 31.8. The molecule has 1 aliphatic rings. The highest BCUT2D eigenvalue weighted by atomic mass is 32.1. The summed E-state index contributed by atoms with van der Waals surface area (Å²) in [5, 5.41) is 15.7. The predicted molar refractivity (Wildman–Crippen MR) is 150 cm³/mol. The molecule has 0 aliphatic heterocycles. The number of alkyl halides is 3. The summed E-state index contributed by atoms with van der Waals surface area (Å²) in [6.07, 6.45) is -0.358. The van der Waals surface area contributed by atoms with Crippen LogP contribution in [0.1, 0.15) is 70.3 Å². The molecule has 0 aromatic carbocycles. The number of ether oxygens (including phenoxy) is 1. The number of unbranched alkanes of at least 4 members (excludes halogenated alkanes) is 1. The summed E-state index contributed by atoms with van der Waals surface area (Å²) in [7, 11) is 0. The smallest absolute Gasteiger partial charge is 0.417 e. The maximum absolute atomic E-state index is 12.9. The quantitative estimate of drug-likeness (QED) is 0.260. The number of nitrogens with zero attached hydrogens (tertiary/aromatic N) is 4. The van der Waals surface area contributed by atoms with Gasteiger partial charge in [-0.2, -0.15) is 13.2 Å². The van der Waals surface area contributed by atoms with Gasteiger partial charge in [-0.25, -0.2) is 9.78 Å². The second-order valence-electron chi connectivity index (χ2n) is 11.1. The lowest BCUT2D eigenvalue weighted by atomic mass is 10.1. The minimum atomic E-state index is -4.43. The van der Waals surface area contributed by atoms with Gasteiger partial charge in [0.2, 0.25) is 0 Å². The first-order chi connectivity index (χ1) is 18.7. The Morgan fingerprint density at radius 2 is 1.88 bits per heavy atom. The average molecular weight is 584 g/mol. The molecule has 12 heteroatoms. The second kappa shape index (κ2) is 13.3. The Labute approximate surface area is 238 Å². The fraction of sp³-hybridized carbons (Fsp3) is 0.607. The zero-order chi connectivity index (χ0) is 29.6. The van der Waals surface area contributed by atoms with Crippen LogP contribution >= 0.6 is 11.3 Å². The molecule has 3 rings (SSSR count). The van der Waals surface area contributed by atoms with Crippen LogP contribution in [0.2, 0.25) is 0 Å². The van der Waals surface area contributed by atoms with Gasteiger partial charge in [0, 0.05) is 36.8 Å². The highest BCUT2D eigenvalue weighted by molar-refractivity contribution is 7.13. The molecule has 2 heterocycles. The molecule has 0 atom stereocenters. The third-order valence-electron chi connectivity index (χ3n) is 6.59. The largest absolute Gasteiger partial charge is 0.444 e. The van der Waals surface area contributed by atoms with Crippen LogP contribution in [0.3, 0.4) is 0 Å². The lowest BCUT2D eigenvalue weighted by molar-refractivity contribution is -0.137. The molecule has 0 bridgehead atoms. The van der Waals surface area contributed by atoms with E-state index in [0.29, 0.717) is 42.5 Å². The first-order valence-corrected chi connectivity index (χ1v) is 14.4. The standard InChI is InChI=1S/C28H40F3N5O3S/c1-6-35(16-11-23-19-40-24(33-23)34-25(37)39-26(3,4)5)14-7-8-15-36(20(2)27(38)12-13-27)18-22-10-9-21(17-32-22)28(29,30)31/h9-10,17,19,38H,2,6-8,11-16,18H2,1,3-5H3,(H,33,34,37). The van der Waals surface area contributed by atoms with Crippen molar-refractivity contribution in [3.63, 3.8) is 0 Å². The molecule has 2 aromatic rings. The molecule has 0 spiro atoms. The van der Waals surface area contributed by atoms with Gasteiger partial charge in [-0.05, 0) is 71.7 Å². The van der Waals surface area contributed by atoms with Crippen molar-refractivity contribution in [2.75, 3.05) is 31.5 Å². The summed E-state index contributed by atoms with van der Waals surface area (Å²) >= 11 is 1.36. The van der Waals surface area contributed by atoms with Crippen LogP contribution in [0.4, 0.5) is 23.1 Å². The Balaban J connectivity index is 1.46. The van der Waals surface area contributed by atoms with E-state index >= 15 is 0 Å². The molecule has 0 unspecified atom stereocenters. The van der Waals surface area contributed by atoms with Crippen LogP contribution in [0.5, 0.6) is 0 Å². The number of halogens is 3. The normalized spacial score (nSPS) is 14.7. The maximum atomic E-state index is 12.9. The number of carbonyl (C=O) groups is 1. The minimum absolute atomic E-state index is 0.292. The van der Waals surface area contributed by atoms with Crippen molar-refractivity contribution in [3.8, 4) is 0 Å². The average Bonchev–Trinajstić information content (AvgIpc) is 3.46. The second-order valence-corrected chi connectivity index (χ2v) is 12.0. The van der Waals surface area contributed by atoms with Crippen molar-refractivity contribution in [3.05, 3.63) is 52.9 Å². The Hall–Kier alpha value is -2.70. The SMILES string of the molecule is C=C(N(CCCCN(CC)CCc1csc(NC(=O)OC(C)(C)C)n1)Cc1ccc(C(F)(F)F)cn1)C1(O)CC1. The summed E-state index contributed by atoms with van der Waals surface area (Å²) in [6.45, 7) is 15.1. The van der Waals surface area contributed by atoms with Crippen LogP contribution < -0.4 is 5.32 Å².